The first-order valence-corrected chi connectivity index (χ1v) is 6.24. The van der Waals surface area contributed by atoms with Gasteiger partial charge in [-0.05, 0) is 36.2 Å². The van der Waals surface area contributed by atoms with E-state index < -0.39 is 11.6 Å². The Morgan fingerprint density at radius 1 is 1.22 bits per heavy atom. The highest BCUT2D eigenvalue weighted by Crippen LogP contribution is 2.17. The number of hydrogen-bond donors (Lipinski definition) is 1. The summed E-state index contributed by atoms with van der Waals surface area (Å²) in [6.07, 6.45) is 0. The summed E-state index contributed by atoms with van der Waals surface area (Å²) in [5, 5.41) is 0. The fourth-order valence-corrected chi connectivity index (χ4v) is 1.85. The van der Waals surface area contributed by atoms with Gasteiger partial charge in [-0.15, -0.1) is 0 Å². The first kappa shape index (κ1) is 15.1. The van der Waals surface area contributed by atoms with E-state index in [4.69, 9.17) is 5.73 Å². The molecule has 0 aliphatic rings. The summed E-state index contributed by atoms with van der Waals surface area (Å²) in [5.74, 6) is -1.59. The Morgan fingerprint density at radius 3 is 2.39 bits per heavy atom. The van der Waals surface area contributed by atoms with Gasteiger partial charge in [-0.1, -0.05) is 26.8 Å². The Kier molecular flexibility index (Phi) is 5.23. The molecule has 0 spiro atoms. The van der Waals surface area contributed by atoms with Crippen LogP contribution in [0.15, 0.2) is 18.2 Å². The molecule has 0 saturated heterocycles. The molecule has 0 aromatic heterocycles. The average Bonchev–Trinajstić information content (AvgIpc) is 2.33. The van der Waals surface area contributed by atoms with Gasteiger partial charge in [0.25, 0.3) is 0 Å². The van der Waals surface area contributed by atoms with Gasteiger partial charge in [-0.2, -0.15) is 0 Å². The van der Waals surface area contributed by atoms with Crippen LogP contribution < -0.4 is 5.73 Å². The van der Waals surface area contributed by atoms with E-state index in [2.05, 4.69) is 18.7 Å². The van der Waals surface area contributed by atoms with Crippen molar-refractivity contribution < 1.29 is 8.78 Å². The molecule has 0 bridgehead atoms. The molecule has 0 unspecified atom stereocenters. The minimum absolute atomic E-state index is 0.0224. The maximum Gasteiger partial charge on any atom is 0.159 e. The van der Waals surface area contributed by atoms with Gasteiger partial charge in [0.15, 0.2) is 11.6 Å². The van der Waals surface area contributed by atoms with E-state index in [1.165, 1.54) is 12.1 Å². The third-order valence-corrected chi connectivity index (χ3v) is 3.04. The van der Waals surface area contributed by atoms with Gasteiger partial charge in [0, 0.05) is 13.1 Å². The first-order valence-electron chi connectivity index (χ1n) is 6.24. The second-order valence-electron chi connectivity index (χ2n) is 5.42. The Bertz CT molecular complexity index is 391. The summed E-state index contributed by atoms with van der Waals surface area (Å²) in [7, 11) is 0. The minimum Gasteiger partial charge on any atom is -0.330 e. The quantitative estimate of drug-likeness (QED) is 0.848. The number of hydrogen-bond acceptors (Lipinski definition) is 2. The lowest BCUT2D eigenvalue weighted by Gasteiger charge is -2.31. The zero-order valence-electron chi connectivity index (χ0n) is 11.3. The predicted molar refractivity (Wildman–Crippen MR) is 70.1 cm³/mol. The fourth-order valence-electron chi connectivity index (χ4n) is 1.85. The Balaban J connectivity index is 2.71. The second-order valence-corrected chi connectivity index (χ2v) is 5.42. The highest BCUT2D eigenvalue weighted by atomic mass is 19.2. The lowest BCUT2D eigenvalue weighted by Crippen LogP contribution is -2.38. The van der Waals surface area contributed by atoms with Gasteiger partial charge >= 0.3 is 0 Å². The maximum absolute atomic E-state index is 13.1. The molecule has 0 aliphatic carbocycles. The third-order valence-electron chi connectivity index (χ3n) is 3.04. The van der Waals surface area contributed by atoms with Gasteiger partial charge in [-0.25, -0.2) is 8.78 Å². The first-order chi connectivity index (χ1) is 8.38. The van der Waals surface area contributed by atoms with E-state index in [0.717, 1.165) is 18.7 Å². The van der Waals surface area contributed by atoms with E-state index in [0.29, 0.717) is 13.1 Å². The normalized spacial score (nSPS) is 12.2. The zero-order chi connectivity index (χ0) is 13.8. The molecule has 2 nitrogen and oxygen atoms in total. The Labute approximate surface area is 108 Å². The van der Waals surface area contributed by atoms with Crippen molar-refractivity contribution >= 4 is 0 Å². The molecule has 0 amide bonds. The molecule has 0 saturated carbocycles. The van der Waals surface area contributed by atoms with E-state index in [1.807, 2.05) is 6.92 Å². The molecule has 0 fully saturated rings. The standard InChI is InChI=1S/C14H22F2N2/c1-4-18(10-14(2,3)9-17)8-11-5-6-12(15)13(16)7-11/h5-7H,4,8-10,17H2,1-3H3. The number of rotatable bonds is 6. The van der Waals surface area contributed by atoms with Crippen molar-refractivity contribution in [2.75, 3.05) is 19.6 Å². The topological polar surface area (TPSA) is 29.3 Å². The zero-order valence-corrected chi connectivity index (χ0v) is 11.3. The molecule has 0 atom stereocenters. The van der Waals surface area contributed by atoms with Gasteiger partial charge in [0.1, 0.15) is 0 Å². The van der Waals surface area contributed by atoms with Crippen molar-refractivity contribution in [2.24, 2.45) is 11.1 Å². The molecule has 2 N–H and O–H groups in total. The molecule has 1 rings (SSSR count). The minimum atomic E-state index is -0.802. The summed E-state index contributed by atoms with van der Waals surface area (Å²) in [6.45, 7) is 9.13. The summed E-state index contributed by atoms with van der Waals surface area (Å²) < 4.78 is 26.0. The number of nitrogens with two attached hydrogens (primary N) is 1. The van der Waals surface area contributed by atoms with Crippen molar-refractivity contribution in [3.63, 3.8) is 0 Å². The molecule has 18 heavy (non-hydrogen) atoms. The van der Waals surface area contributed by atoms with Crippen LogP contribution in [0.4, 0.5) is 8.78 Å². The van der Waals surface area contributed by atoms with Crippen molar-refractivity contribution in [1.82, 2.24) is 4.90 Å². The van der Waals surface area contributed by atoms with Crippen molar-refractivity contribution in [3.8, 4) is 0 Å². The largest absolute Gasteiger partial charge is 0.330 e. The molecule has 0 radical (unpaired) electrons. The fraction of sp³-hybridized carbons (Fsp3) is 0.571. The van der Waals surface area contributed by atoms with Gasteiger partial charge in [-0.3, -0.25) is 4.90 Å². The molecule has 1 aromatic carbocycles. The van der Waals surface area contributed by atoms with Gasteiger partial charge in [0.2, 0.25) is 0 Å². The monoisotopic (exact) mass is 256 g/mol. The number of halogens is 2. The van der Waals surface area contributed by atoms with Gasteiger partial charge < -0.3 is 5.73 Å². The summed E-state index contributed by atoms with van der Waals surface area (Å²) >= 11 is 0. The van der Waals surface area contributed by atoms with Crippen LogP contribution in [-0.2, 0) is 6.54 Å². The summed E-state index contributed by atoms with van der Waals surface area (Å²) in [5.41, 5.74) is 6.51. The molecule has 0 aliphatic heterocycles. The smallest absolute Gasteiger partial charge is 0.159 e. The van der Waals surface area contributed by atoms with Crippen molar-refractivity contribution in [1.29, 1.82) is 0 Å². The Hall–Kier alpha value is -1.00. The average molecular weight is 256 g/mol. The second kappa shape index (κ2) is 6.25. The van der Waals surface area contributed by atoms with Crippen LogP contribution in [-0.4, -0.2) is 24.5 Å². The summed E-state index contributed by atoms with van der Waals surface area (Å²) in [4.78, 5) is 2.18. The van der Waals surface area contributed by atoms with E-state index in [9.17, 15) is 8.78 Å². The molecule has 1 aromatic rings. The highest BCUT2D eigenvalue weighted by molar-refractivity contribution is 5.17. The van der Waals surface area contributed by atoms with Crippen LogP contribution in [0, 0.1) is 17.0 Å². The predicted octanol–water partition coefficient (Wildman–Crippen LogP) is 2.77. The maximum atomic E-state index is 13.1. The molecular weight excluding hydrogens is 234 g/mol. The third kappa shape index (κ3) is 4.35. The van der Waals surface area contributed by atoms with E-state index in [1.54, 1.807) is 6.07 Å². The lowest BCUT2D eigenvalue weighted by molar-refractivity contribution is 0.183. The van der Waals surface area contributed by atoms with E-state index in [-0.39, 0.29) is 5.41 Å². The molecular formula is C14H22F2N2. The molecule has 102 valence electrons. The Morgan fingerprint density at radius 2 is 1.89 bits per heavy atom. The highest BCUT2D eigenvalue weighted by Gasteiger charge is 2.19. The molecule has 0 heterocycles. The SMILES string of the molecule is CCN(Cc1ccc(F)c(F)c1)CC(C)(C)CN. The van der Waals surface area contributed by atoms with Crippen LogP contribution in [0.3, 0.4) is 0 Å². The van der Waals surface area contributed by atoms with Crippen molar-refractivity contribution in [3.05, 3.63) is 35.4 Å². The van der Waals surface area contributed by atoms with Crippen LogP contribution in [0.5, 0.6) is 0 Å². The summed E-state index contributed by atoms with van der Waals surface area (Å²) in [6, 6.07) is 4.05. The van der Waals surface area contributed by atoms with Gasteiger partial charge in [0.05, 0.1) is 0 Å². The number of benzene rings is 1. The van der Waals surface area contributed by atoms with Crippen LogP contribution in [0.1, 0.15) is 26.3 Å². The lowest BCUT2D eigenvalue weighted by atomic mass is 9.93. The number of nitrogens with zero attached hydrogens (tertiary/aromatic N) is 1. The van der Waals surface area contributed by atoms with E-state index >= 15 is 0 Å². The van der Waals surface area contributed by atoms with Crippen LogP contribution >= 0.6 is 0 Å². The van der Waals surface area contributed by atoms with Crippen molar-refractivity contribution in [2.45, 2.75) is 27.3 Å². The molecule has 4 heteroatoms. The van der Waals surface area contributed by atoms with Crippen LogP contribution in [0.2, 0.25) is 0 Å². The van der Waals surface area contributed by atoms with Crippen LogP contribution in [0.25, 0.3) is 0 Å².